The molecule has 0 saturated carbocycles. The maximum atomic E-state index is 12.8. The van der Waals surface area contributed by atoms with Crippen LogP contribution in [0.1, 0.15) is 38.1 Å². The Labute approximate surface area is 180 Å². The minimum absolute atomic E-state index is 0.0661. The lowest BCUT2D eigenvalue weighted by Crippen LogP contribution is -2.48. The number of aryl methyl sites for hydroxylation is 3. The van der Waals surface area contributed by atoms with Crippen LogP contribution < -0.4 is 4.74 Å². The van der Waals surface area contributed by atoms with E-state index in [1.165, 1.54) is 0 Å². The van der Waals surface area contributed by atoms with Gasteiger partial charge < -0.3 is 14.2 Å². The van der Waals surface area contributed by atoms with Gasteiger partial charge in [-0.1, -0.05) is 5.16 Å². The van der Waals surface area contributed by atoms with Crippen molar-refractivity contribution < 1.29 is 14.1 Å². The van der Waals surface area contributed by atoms with Crippen molar-refractivity contribution in [3.8, 4) is 5.75 Å². The first kappa shape index (κ1) is 20.6. The van der Waals surface area contributed by atoms with Crippen molar-refractivity contribution in [1.82, 2.24) is 19.9 Å². The van der Waals surface area contributed by atoms with Gasteiger partial charge in [0.1, 0.15) is 18.1 Å². The molecular formula is C22H26N4O3S. The molecule has 0 radical (unpaired) electrons. The van der Waals surface area contributed by atoms with Gasteiger partial charge in [-0.2, -0.15) is 0 Å². The SMILES string of the molecule is Cc1nc(CN2CCN(C(=O)c3ccc(OCc4c(C)noc4C)cc3)CC2)cs1. The minimum atomic E-state index is 0.0661. The van der Waals surface area contributed by atoms with E-state index in [2.05, 4.69) is 20.4 Å². The summed E-state index contributed by atoms with van der Waals surface area (Å²) in [5, 5.41) is 7.14. The van der Waals surface area contributed by atoms with E-state index >= 15 is 0 Å². The van der Waals surface area contributed by atoms with Gasteiger partial charge in [0.15, 0.2) is 0 Å². The van der Waals surface area contributed by atoms with Crippen LogP contribution in [0.15, 0.2) is 34.2 Å². The fraction of sp³-hybridized carbons (Fsp3) is 0.409. The predicted molar refractivity (Wildman–Crippen MR) is 115 cm³/mol. The molecule has 0 spiro atoms. The molecule has 4 rings (SSSR count). The molecule has 3 aromatic rings. The van der Waals surface area contributed by atoms with E-state index in [9.17, 15) is 4.79 Å². The molecule has 1 aliphatic heterocycles. The first-order valence-corrected chi connectivity index (χ1v) is 10.9. The van der Waals surface area contributed by atoms with Crippen molar-refractivity contribution in [2.75, 3.05) is 26.2 Å². The van der Waals surface area contributed by atoms with E-state index in [1.54, 1.807) is 11.3 Å². The lowest BCUT2D eigenvalue weighted by molar-refractivity contribution is 0.0627. The van der Waals surface area contributed by atoms with Crippen molar-refractivity contribution in [1.29, 1.82) is 0 Å². The van der Waals surface area contributed by atoms with E-state index in [0.717, 1.165) is 66.2 Å². The van der Waals surface area contributed by atoms with Crippen LogP contribution >= 0.6 is 11.3 Å². The summed E-state index contributed by atoms with van der Waals surface area (Å²) in [6.07, 6.45) is 0. The van der Waals surface area contributed by atoms with E-state index in [0.29, 0.717) is 12.2 Å². The lowest BCUT2D eigenvalue weighted by atomic mass is 10.1. The maximum Gasteiger partial charge on any atom is 0.253 e. The van der Waals surface area contributed by atoms with Gasteiger partial charge in [0.05, 0.1) is 22.0 Å². The quantitative estimate of drug-likeness (QED) is 0.600. The molecule has 7 nitrogen and oxygen atoms in total. The number of carbonyl (C=O) groups excluding carboxylic acids is 1. The van der Waals surface area contributed by atoms with Gasteiger partial charge in [-0.3, -0.25) is 9.69 Å². The molecule has 8 heteroatoms. The number of carbonyl (C=O) groups is 1. The molecule has 3 heterocycles. The highest BCUT2D eigenvalue weighted by Crippen LogP contribution is 2.19. The van der Waals surface area contributed by atoms with Gasteiger partial charge >= 0.3 is 0 Å². The summed E-state index contributed by atoms with van der Waals surface area (Å²) in [7, 11) is 0. The molecule has 0 bridgehead atoms. The number of benzene rings is 1. The van der Waals surface area contributed by atoms with E-state index in [-0.39, 0.29) is 5.91 Å². The lowest BCUT2D eigenvalue weighted by Gasteiger charge is -2.34. The van der Waals surface area contributed by atoms with Crippen molar-refractivity contribution in [3.05, 3.63) is 62.9 Å². The van der Waals surface area contributed by atoms with Crippen LogP contribution in [0.25, 0.3) is 0 Å². The Kier molecular flexibility index (Phi) is 6.15. The third-order valence-corrected chi connectivity index (χ3v) is 6.20. The summed E-state index contributed by atoms with van der Waals surface area (Å²) in [6, 6.07) is 7.34. The zero-order valence-corrected chi connectivity index (χ0v) is 18.4. The Hall–Kier alpha value is -2.71. The van der Waals surface area contributed by atoms with Crippen LogP contribution in [0.4, 0.5) is 0 Å². The highest BCUT2D eigenvalue weighted by atomic mass is 32.1. The Balaban J connectivity index is 1.28. The van der Waals surface area contributed by atoms with Crippen LogP contribution in [-0.2, 0) is 13.2 Å². The maximum absolute atomic E-state index is 12.8. The standard InChI is InChI=1S/C22H26N4O3S/c1-15-21(16(2)29-24-15)13-28-20-6-4-18(5-7-20)22(27)26-10-8-25(9-11-26)12-19-14-30-17(3)23-19/h4-7,14H,8-13H2,1-3H3. The van der Waals surface area contributed by atoms with E-state index in [1.807, 2.05) is 49.9 Å². The monoisotopic (exact) mass is 426 g/mol. The number of rotatable bonds is 6. The van der Waals surface area contributed by atoms with Crippen LogP contribution in [-0.4, -0.2) is 52.0 Å². The molecule has 2 aromatic heterocycles. The Morgan fingerprint density at radius 2 is 1.87 bits per heavy atom. The van der Waals surface area contributed by atoms with Crippen molar-refractivity contribution in [3.63, 3.8) is 0 Å². The molecule has 1 aromatic carbocycles. The number of hydrogen-bond donors (Lipinski definition) is 0. The summed E-state index contributed by atoms with van der Waals surface area (Å²) in [4.78, 5) is 21.7. The number of amides is 1. The summed E-state index contributed by atoms with van der Waals surface area (Å²) in [5.74, 6) is 1.55. The van der Waals surface area contributed by atoms with Gasteiger partial charge in [0.2, 0.25) is 0 Å². The molecule has 0 unspecified atom stereocenters. The highest BCUT2D eigenvalue weighted by Gasteiger charge is 2.22. The first-order valence-electron chi connectivity index (χ1n) is 10.1. The largest absolute Gasteiger partial charge is 0.489 e. The molecular weight excluding hydrogens is 400 g/mol. The second-order valence-electron chi connectivity index (χ2n) is 7.54. The number of thiazole rings is 1. The molecule has 1 aliphatic rings. The van der Waals surface area contributed by atoms with Crippen molar-refractivity contribution in [2.24, 2.45) is 0 Å². The first-order chi connectivity index (χ1) is 14.5. The fourth-order valence-corrected chi connectivity index (χ4v) is 4.16. The summed E-state index contributed by atoms with van der Waals surface area (Å²) in [5.41, 5.74) is 3.59. The van der Waals surface area contributed by atoms with Gasteiger partial charge in [-0.05, 0) is 45.0 Å². The molecule has 0 atom stereocenters. The van der Waals surface area contributed by atoms with Crippen LogP contribution in [0.3, 0.4) is 0 Å². The van der Waals surface area contributed by atoms with Gasteiger partial charge in [0, 0.05) is 43.7 Å². The average molecular weight is 427 g/mol. The van der Waals surface area contributed by atoms with E-state index in [4.69, 9.17) is 9.26 Å². The molecule has 158 valence electrons. The Morgan fingerprint density at radius 1 is 1.13 bits per heavy atom. The average Bonchev–Trinajstić information content (AvgIpc) is 3.31. The predicted octanol–water partition coefficient (Wildman–Crippen LogP) is 3.59. The normalized spacial score (nSPS) is 14.8. The van der Waals surface area contributed by atoms with Crippen molar-refractivity contribution in [2.45, 2.75) is 33.9 Å². The fourth-order valence-electron chi connectivity index (χ4n) is 3.56. The van der Waals surface area contributed by atoms with Crippen LogP contribution in [0, 0.1) is 20.8 Å². The van der Waals surface area contributed by atoms with Crippen molar-refractivity contribution >= 4 is 17.2 Å². The molecule has 30 heavy (non-hydrogen) atoms. The third-order valence-electron chi connectivity index (χ3n) is 5.38. The second kappa shape index (κ2) is 8.97. The summed E-state index contributed by atoms with van der Waals surface area (Å²) < 4.78 is 11.0. The van der Waals surface area contributed by atoms with Gasteiger partial charge in [-0.25, -0.2) is 4.98 Å². The molecule has 1 fully saturated rings. The third kappa shape index (κ3) is 4.71. The van der Waals surface area contributed by atoms with Gasteiger partial charge in [-0.15, -0.1) is 11.3 Å². The van der Waals surface area contributed by atoms with Crippen LogP contribution in [0.5, 0.6) is 5.75 Å². The second-order valence-corrected chi connectivity index (χ2v) is 8.60. The van der Waals surface area contributed by atoms with Gasteiger partial charge in [0.25, 0.3) is 5.91 Å². The molecule has 1 saturated heterocycles. The highest BCUT2D eigenvalue weighted by molar-refractivity contribution is 7.09. The summed E-state index contributed by atoms with van der Waals surface area (Å²) in [6.45, 7) is 10.2. The summed E-state index contributed by atoms with van der Waals surface area (Å²) >= 11 is 1.68. The van der Waals surface area contributed by atoms with E-state index < -0.39 is 0 Å². The zero-order valence-electron chi connectivity index (χ0n) is 17.6. The zero-order chi connectivity index (χ0) is 21.1. The number of hydrogen-bond acceptors (Lipinski definition) is 7. The minimum Gasteiger partial charge on any atom is -0.489 e. The number of aromatic nitrogens is 2. The Bertz CT molecular complexity index is 984. The Morgan fingerprint density at radius 3 is 2.47 bits per heavy atom. The smallest absolute Gasteiger partial charge is 0.253 e. The number of piperazine rings is 1. The molecule has 1 amide bonds. The number of ether oxygens (including phenoxy) is 1. The topological polar surface area (TPSA) is 71.7 Å². The van der Waals surface area contributed by atoms with Crippen LogP contribution in [0.2, 0.25) is 0 Å². The molecule has 0 aliphatic carbocycles. The number of nitrogens with zero attached hydrogens (tertiary/aromatic N) is 4. The molecule has 0 N–H and O–H groups in total.